The number of rotatable bonds is 11. The Balaban J connectivity index is 1.82. The minimum Gasteiger partial charge on any atom is -0.462 e. The molecule has 2 rings (SSSR count). The molecule has 202 valence electrons. The van der Waals surface area contributed by atoms with Gasteiger partial charge in [0, 0.05) is 17.6 Å². The van der Waals surface area contributed by atoms with Gasteiger partial charge in [-0.1, -0.05) is 19.4 Å². The van der Waals surface area contributed by atoms with Crippen molar-refractivity contribution in [1.29, 1.82) is 0 Å². The minimum atomic E-state index is -6.50. The molecule has 2 saturated carbocycles. The van der Waals surface area contributed by atoms with Crippen LogP contribution < -0.4 is 0 Å². The Morgan fingerprint density at radius 2 is 1.74 bits per heavy atom. The highest BCUT2D eigenvalue weighted by molar-refractivity contribution is 5.86. The lowest BCUT2D eigenvalue weighted by molar-refractivity contribution is -0.360. The second-order valence-corrected chi connectivity index (χ2v) is 9.81. The van der Waals surface area contributed by atoms with Crippen molar-refractivity contribution in [2.75, 3.05) is 19.8 Å². The van der Waals surface area contributed by atoms with E-state index in [0.717, 1.165) is 45.4 Å². The molecule has 5 nitrogen and oxygen atoms in total. The summed E-state index contributed by atoms with van der Waals surface area (Å²) < 4.78 is 104. The molecule has 4 unspecified atom stereocenters. The third-order valence-corrected chi connectivity index (χ3v) is 6.72. The summed E-state index contributed by atoms with van der Waals surface area (Å²) in [6, 6.07) is 0. The van der Waals surface area contributed by atoms with Crippen molar-refractivity contribution in [2.24, 2.45) is 17.3 Å². The quantitative estimate of drug-likeness (QED) is 0.194. The topological polar surface area (TPSA) is 61.8 Å². The predicted molar refractivity (Wildman–Crippen MR) is 110 cm³/mol. The number of ether oxygens (including phenoxy) is 3. The Morgan fingerprint density at radius 3 is 2.34 bits per heavy atom. The molecule has 0 aromatic carbocycles. The van der Waals surface area contributed by atoms with Gasteiger partial charge in [-0.05, 0) is 57.8 Å². The van der Waals surface area contributed by atoms with Gasteiger partial charge in [0.25, 0.3) is 0 Å². The van der Waals surface area contributed by atoms with Crippen molar-refractivity contribution < 1.29 is 54.5 Å². The SMILES string of the molecule is C=C(C)C(=O)OCC12CCCC(CC(CCOC(C)C(=O)OCC(F)(F)C(F)(F)C(F)(F)F)C1)C2. The second-order valence-electron chi connectivity index (χ2n) is 9.81. The molecule has 0 amide bonds. The maximum absolute atomic E-state index is 13.3. The lowest BCUT2D eigenvalue weighted by atomic mass is 9.59. The molecule has 0 radical (unpaired) electrons. The molecule has 0 N–H and O–H groups in total. The van der Waals surface area contributed by atoms with Crippen LogP contribution in [-0.2, 0) is 23.8 Å². The van der Waals surface area contributed by atoms with Crippen LogP contribution in [0.4, 0.5) is 30.7 Å². The van der Waals surface area contributed by atoms with Gasteiger partial charge in [0.15, 0.2) is 12.7 Å². The summed E-state index contributed by atoms with van der Waals surface area (Å²) in [7, 11) is 0. The van der Waals surface area contributed by atoms with Crippen LogP contribution in [0.1, 0.15) is 58.8 Å². The maximum Gasteiger partial charge on any atom is 0.460 e. The highest BCUT2D eigenvalue weighted by Crippen LogP contribution is 2.52. The Hall–Kier alpha value is -1.85. The number of carbonyl (C=O) groups excluding carboxylic acids is 2. The van der Waals surface area contributed by atoms with Gasteiger partial charge in [0.05, 0.1) is 6.61 Å². The van der Waals surface area contributed by atoms with Gasteiger partial charge in [-0.3, -0.25) is 0 Å². The second kappa shape index (κ2) is 11.0. The summed E-state index contributed by atoms with van der Waals surface area (Å²) in [5.74, 6) is -13.2. The monoisotopic (exact) mass is 520 g/mol. The highest BCUT2D eigenvalue weighted by Gasteiger charge is 2.73. The molecule has 4 atom stereocenters. The minimum absolute atomic E-state index is 0.0321. The van der Waals surface area contributed by atoms with Crippen LogP contribution >= 0.6 is 0 Å². The summed E-state index contributed by atoms with van der Waals surface area (Å²) in [5, 5.41) is 0. The zero-order valence-corrected chi connectivity index (χ0v) is 19.7. The van der Waals surface area contributed by atoms with E-state index in [4.69, 9.17) is 9.47 Å². The van der Waals surface area contributed by atoms with Crippen LogP contribution in [0.3, 0.4) is 0 Å². The third kappa shape index (κ3) is 7.33. The zero-order valence-electron chi connectivity index (χ0n) is 19.7. The van der Waals surface area contributed by atoms with Crippen LogP contribution in [0.5, 0.6) is 0 Å². The number of alkyl halides is 7. The molecular weight excluding hydrogens is 489 g/mol. The Morgan fingerprint density at radius 1 is 1.09 bits per heavy atom. The fraction of sp³-hybridized carbons (Fsp3) is 0.826. The summed E-state index contributed by atoms with van der Waals surface area (Å²) in [6.07, 6.45) is -1.82. The predicted octanol–water partition coefficient (Wildman–Crippen LogP) is 5.86. The van der Waals surface area contributed by atoms with Gasteiger partial charge < -0.3 is 14.2 Å². The van der Waals surface area contributed by atoms with E-state index in [-0.39, 0.29) is 24.5 Å². The van der Waals surface area contributed by atoms with Crippen molar-refractivity contribution in [2.45, 2.75) is 82.9 Å². The number of hydrogen-bond acceptors (Lipinski definition) is 5. The molecule has 2 bridgehead atoms. The van der Waals surface area contributed by atoms with Crippen molar-refractivity contribution in [3.8, 4) is 0 Å². The van der Waals surface area contributed by atoms with E-state index in [1.165, 1.54) is 0 Å². The molecule has 2 aliphatic rings. The fourth-order valence-corrected chi connectivity index (χ4v) is 4.94. The lowest BCUT2D eigenvalue weighted by Crippen LogP contribution is -2.54. The number of hydrogen-bond donors (Lipinski definition) is 0. The molecule has 2 aliphatic carbocycles. The maximum atomic E-state index is 13.3. The van der Waals surface area contributed by atoms with Gasteiger partial charge in [-0.25, -0.2) is 9.59 Å². The van der Waals surface area contributed by atoms with E-state index in [9.17, 15) is 40.3 Å². The first-order valence-corrected chi connectivity index (χ1v) is 11.4. The summed E-state index contributed by atoms with van der Waals surface area (Å²) in [6.45, 7) is 4.17. The van der Waals surface area contributed by atoms with E-state index in [2.05, 4.69) is 11.3 Å². The molecule has 2 fully saturated rings. The van der Waals surface area contributed by atoms with E-state index >= 15 is 0 Å². The van der Waals surface area contributed by atoms with Crippen LogP contribution in [0.2, 0.25) is 0 Å². The summed E-state index contributed by atoms with van der Waals surface area (Å²) in [5.41, 5.74) is 0.159. The molecule has 0 aromatic rings. The first-order valence-electron chi connectivity index (χ1n) is 11.4. The van der Waals surface area contributed by atoms with E-state index in [0.29, 0.717) is 17.9 Å². The number of esters is 2. The van der Waals surface area contributed by atoms with E-state index in [1.54, 1.807) is 6.92 Å². The average Bonchev–Trinajstić information content (AvgIpc) is 2.74. The first-order chi connectivity index (χ1) is 16.0. The van der Waals surface area contributed by atoms with Crippen molar-refractivity contribution in [3.05, 3.63) is 12.2 Å². The third-order valence-electron chi connectivity index (χ3n) is 6.72. The summed E-state index contributed by atoms with van der Waals surface area (Å²) >= 11 is 0. The molecule has 35 heavy (non-hydrogen) atoms. The molecule has 0 aromatic heterocycles. The van der Waals surface area contributed by atoms with Gasteiger partial charge in [0.1, 0.15) is 0 Å². The van der Waals surface area contributed by atoms with Gasteiger partial charge >= 0.3 is 30.0 Å². The van der Waals surface area contributed by atoms with Gasteiger partial charge in [0.2, 0.25) is 0 Å². The van der Waals surface area contributed by atoms with Gasteiger partial charge in [-0.15, -0.1) is 0 Å². The van der Waals surface area contributed by atoms with Crippen molar-refractivity contribution >= 4 is 11.9 Å². The van der Waals surface area contributed by atoms with Crippen LogP contribution in [0, 0.1) is 17.3 Å². The molecule has 0 aliphatic heterocycles. The highest BCUT2D eigenvalue weighted by atomic mass is 19.4. The van der Waals surface area contributed by atoms with Crippen LogP contribution in [0.15, 0.2) is 12.2 Å². The van der Waals surface area contributed by atoms with Crippen LogP contribution in [-0.4, -0.2) is 55.9 Å². The molecule has 0 saturated heterocycles. The first kappa shape index (κ1) is 29.4. The zero-order chi connectivity index (χ0) is 26.7. The average molecular weight is 520 g/mol. The summed E-state index contributed by atoms with van der Waals surface area (Å²) in [4.78, 5) is 23.6. The Labute approximate surface area is 199 Å². The fourth-order valence-electron chi connectivity index (χ4n) is 4.94. The molecular formula is C23H31F7O5. The molecule has 0 spiro atoms. The largest absolute Gasteiger partial charge is 0.462 e. The number of fused-ring (bicyclic) bond motifs is 2. The number of carbonyl (C=O) groups is 2. The standard InChI is InChI=1S/C23H31F7O5/c1-14(2)18(31)34-12-20-7-4-5-16(10-20)9-17(11-20)6-8-33-15(3)19(32)35-13-21(24,25)22(26,27)23(28,29)30/h15-17H,1,4-13H2,2-3H3. The van der Waals surface area contributed by atoms with Crippen molar-refractivity contribution in [3.63, 3.8) is 0 Å². The van der Waals surface area contributed by atoms with Crippen LogP contribution in [0.25, 0.3) is 0 Å². The normalized spacial score (nSPS) is 26.1. The smallest absolute Gasteiger partial charge is 0.460 e. The van der Waals surface area contributed by atoms with E-state index in [1.807, 2.05) is 0 Å². The van der Waals surface area contributed by atoms with Gasteiger partial charge in [-0.2, -0.15) is 30.7 Å². The lowest BCUT2D eigenvalue weighted by Gasteiger charge is -2.48. The molecule has 0 heterocycles. The number of halogens is 7. The van der Waals surface area contributed by atoms with Crippen molar-refractivity contribution in [1.82, 2.24) is 0 Å². The Bertz CT molecular complexity index is 783. The van der Waals surface area contributed by atoms with E-state index < -0.39 is 42.7 Å². The Kier molecular flexibility index (Phi) is 9.27. The molecule has 12 heteroatoms.